The van der Waals surface area contributed by atoms with Crippen molar-refractivity contribution in [2.45, 2.75) is 26.7 Å². The third kappa shape index (κ3) is 2.62. The molecule has 1 nitrogen and oxygen atoms in total. The quantitative estimate of drug-likeness (QED) is 0.802. The van der Waals surface area contributed by atoms with Crippen molar-refractivity contribution in [2.24, 2.45) is 0 Å². The van der Waals surface area contributed by atoms with Crippen LogP contribution in [-0.2, 0) is 6.42 Å². The SMILES string of the molecule is C[C](C)CN1CCc2cc(Br)c(C(F)F)cc21. The minimum Gasteiger partial charge on any atom is -0.370 e. The number of rotatable bonds is 3. The summed E-state index contributed by atoms with van der Waals surface area (Å²) in [5.74, 6) is 1.29. The molecule has 0 saturated carbocycles. The van der Waals surface area contributed by atoms with Crippen LogP contribution in [0, 0.1) is 5.92 Å². The monoisotopic (exact) mass is 302 g/mol. The van der Waals surface area contributed by atoms with E-state index in [1.54, 1.807) is 6.07 Å². The number of hydrogen-bond donors (Lipinski definition) is 0. The van der Waals surface area contributed by atoms with Crippen molar-refractivity contribution in [3.8, 4) is 0 Å². The Kier molecular flexibility index (Phi) is 3.71. The first kappa shape index (κ1) is 12.8. The number of anilines is 1. The lowest BCUT2D eigenvalue weighted by Crippen LogP contribution is -2.24. The largest absolute Gasteiger partial charge is 0.370 e. The smallest absolute Gasteiger partial charge is 0.265 e. The van der Waals surface area contributed by atoms with Crippen LogP contribution >= 0.6 is 15.9 Å². The van der Waals surface area contributed by atoms with Crippen molar-refractivity contribution in [3.05, 3.63) is 33.7 Å². The fourth-order valence-electron chi connectivity index (χ4n) is 2.20. The average molecular weight is 303 g/mol. The first-order valence-electron chi connectivity index (χ1n) is 5.63. The number of alkyl halides is 2. The van der Waals surface area contributed by atoms with Crippen LogP contribution in [0.15, 0.2) is 16.6 Å². The lowest BCUT2D eigenvalue weighted by atomic mass is 10.1. The number of halogens is 3. The Bertz CT molecular complexity index is 418. The Labute approximate surface area is 109 Å². The van der Waals surface area contributed by atoms with E-state index >= 15 is 0 Å². The van der Waals surface area contributed by atoms with Crippen LogP contribution in [0.5, 0.6) is 0 Å². The summed E-state index contributed by atoms with van der Waals surface area (Å²) in [5.41, 5.74) is 2.21. The van der Waals surface area contributed by atoms with Gasteiger partial charge in [-0.25, -0.2) is 8.78 Å². The zero-order chi connectivity index (χ0) is 12.6. The van der Waals surface area contributed by atoms with Gasteiger partial charge in [0.25, 0.3) is 6.43 Å². The summed E-state index contributed by atoms with van der Waals surface area (Å²) in [6, 6.07) is 3.46. The van der Waals surface area contributed by atoms with Crippen molar-refractivity contribution < 1.29 is 8.78 Å². The molecular weight excluding hydrogens is 288 g/mol. The summed E-state index contributed by atoms with van der Waals surface area (Å²) in [6.07, 6.45) is -1.49. The van der Waals surface area contributed by atoms with E-state index < -0.39 is 6.43 Å². The first-order valence-corrected chi connectivity index (χ1v) is 6.42. The van der Waals surface area contributed by atoms with Gasteiger partial charge >= 0.3 is 0 Å². The van der Waals surface area contributed by atoms with E-state index in [1.807, 2.05) is 6.07 Å². The summed E-state index contributed by atoms with van der Waals surface area (Å²) in [5, 5.41) is 0. The summed E-state index contributed by atoms with van der Waals surface area (Å²) in [6.45, 7) is 5.88. The van der Waals surface area contributed by atoms with Crippen molar-refractivity contribution >= 4 is 21.6 Å². The molecule has 2 rings (SSSR count). The molecule has 4 heteroatoms. The molecular formula is C13H15BrF2N. The molecule has 0 amide bonds. The van der Waals surface area contributed by atoms with E-state index in [-0.39, 0.29) is 5.56 Å². The van der Waals surface area contributed by atoms with E-state index in [1.165, 1.54) is 5.92 Å². The van der Waals surface area contributed by atoms with Crippen LogP contribution in [0.1, 0.15) is 31.4 Å². The molecule has 0 spiro atoms. The van der Waals surface area contributed by atoms with E-state index in [9.17, 15) is 8.78 Å². The molecule has 1 radical (unpaired) electrons. The average Bonchev–Trinajstić information content (AvgIpc) is 2.58. The highest BCUT2D eigenvalue weighted by Gasteiger charge is 2.23. The molecule has 1 aliphatic rings. The molecule has 0 fully saturated rings. The third-order valence-corrected chi connectivity index (χ3v) is 3.62. The summed E-state index contributed by atoms with van der Waals surface area (Å²) >= 11 is 3.22. The molecule has 0 N–H and O–H groups in total. The molecule has 0 bridgehead atoms. The standard InChI is InChI=1S/C13H15BrF2N/c1-8(2)7-17-4-3-9-5-11(14)10(13(15)16)6-12(9)17/h5-6,13H,3-4,7H2,1-2H3. The summed E-state index contributed by atoms with van der Waals surface area (Å²) in [7, 11) is 0. The van der Waals surface area contributed by atoms with E-state index in [0.717, 1.165) is 30.8 Å². The van der Waals surface area contributed by atoms with Gasteiger partial charge in [-0.3, -0.25) is 0 Å². The Morgan fingerprint density at radius 1 is 1.41 bits per heavy atom. The molecule has 17 heavy (non-hydrogen) atoms. The Hall–Kier alpha value is -0.640. The van der Waals surface area contributed by atoms with Gasteiger partial charge < -0.3 is 4.90 Å². The zero-order valence-electron chi connectivity index (χ0n) is 9.93. The maximum Gasteiger partial charge on any atom is 0.265 e. The van der Waals surface area contributed by atoms with Gasteiger partial charge in [0.1, 0.15) is 0 Å². The molecule has 0 saturated heterocycles. The van der Waals surface area contributed by atoms with Gasteiger partial charge in [-0.05, 0) is 30.0 Å². The van der Waals surface area contributed by atoms with Crippen LogP contribution in [0.2, 0.25) is 0 Å². The molecule has 0 unspecified atom stereocenters. The van der Waals surface area contributed by atoms with Crippen molar-refractivity contribution in [2.75, 3.05) is 18.0 Å². The minimum absolute atomic E-state index is 0.0874. The summed E-state index contributed by atoms with van der Waals surface area (Å²) < 4.78 is 26.2. The van der Waals surface area contributed by atoms with Gasteiger partial charge in [0, 0.05) is 28.8 Å². The second kappa shape index (κ2) is 4.92. The van der Waals surface area contributed by atoms with Gasteiger partial charge in [-0.15, -0.1) is 0 Å². The molecule has 0 atom stereocenters. The van der Waals surface area contributed by atoms with Gasteiger partial charge in [0.15, 0.2) is 0 Å². The molecule has 0 aliphatic carbocycles. The highest BCUT2D eigenvalue weighted by atomic mass is 79.9. The number of fused-ring (bicyclic) bond motifs is 1. The second-order valence-corrected chi connectivity index (χ2v) is 5.54. The lowest BCUT2D eigenvalue weighted by Gasteiger charge is -2.22. The van der Waals surface area contributed by atoms with Crippen molar-refractivity contribution in [1.29, 1.82) is 0 Å². The second-order valence-electron chi connectivity index (χ2n) is 4.68. The number of hydrogen-bond acceptors (Lipinski definition) is 1. The molecule has 1 heterocycles. The lowest BCUT2D eigenvalue weighted by molar-refractivity contribution is 0.150. The molecule has 1 aromatic carbocycles. The van der Waals surface area contributed by atoms with Crippen molar-refractivity contribution in [1.82, 2.24) is 0 Å². The van der Waals surface area contributed by atoms with Gasteiger partial charge in [0.05, 0.1) is 0 Å². The zero-order valence-corrected chi connectivity index (χ0v) is 11.5. The van der Waals surface area contributed by atoms with Crippen LogP contribution in [0.3, 0.4) is 0 Å². The predicted molar refractivity (Wildman–Crippen MR) is 69.6 cm³/mol. The fraction of sp³-hybridized carbons (Fsp3) is 0.462. The van der Waals surface area contributed by atoms with Crippen LogP contribution in [0.4, 0.5) is 14.5 Å². The number of nitrogens with zero attached hydrogens (tertiary/aromatic N) is 1. The van der Waals surface area contributed by atoms with Crippen LogP contribution in [-0.4, -0.2) is 13.1 Å². The van der Waals surface area contributed by atoms with Crippen LogP contribution in [0.25, 0.3) is 0 Å². The van der Waals surface area contributed by atoms with E-state index in [0.29, 0.717) is 4.47 Å². The Morgan fingerprint density at radius 2 is 2.12 bits per heavy atom. The van der Waals surface area contributed by atoms with Gasteiger partial charge in [-0.2, -0.15) is 0 Å². The van der Waals surface area contributed by atoms with Gasteiger partial charge in [-0.1, -0.05) is 29.8 Å². The van der Waals surface area contributed by atoms with Crippen molar-refractivity contribution in [3.63, 3.8) is 0 Å². The maximum absolute atomic E-state index is 12.8. The normalized spacial score (nSPS) is 14.9. The number of benzene rings is 1. The minimum atomic E-state index is -2.43. The molecule has 93 valence electrons. The summed E-state index contributed by atoms with van der Waals surface area (Å²) in [4.78, 5) is 2.17. The molecule has 1 aromatic rings. The van der Waals surface area contributed by atoms with Gasteiger partial charge in [0.2, 0.25) is 0 Å². The first-order chi connectivity index (χ1) is 7.99. The highest BCUT2D eigenvalue weighted by molar-refractivity contribution is 9.10. The Balaban J connectivity index is 2.34. The molecule has 1 aliphatic heterocycles. The molecule has 0 aromatic heterocycles. The van der Waals surface area contributed by atoms with Crippen LogP contribution < -0.4 is 4.90 Å². The van der Waals surface area contributed by atoms with E-state index in [2.05, 4.69) is 34.7 Å². The highest BCUT2D eigenvalue weighted by Crippen LogP contribution is 2.37. The predicted octanol–water partition coefficient (Wildman–Crippen LogP) is 4.36. The Morgan fingerprint density at radius 3 is 2.71 bits per heavy atom. The maximum atomic E-state index is 12.8. The van der Waals surface area contributed by atoms with E-state index in [4.69, 9.17) is 0 Å². The fourth-order valence-corrected chi connectivity index (χ4v) is 2.77. The third-order valence-electron chi connectivity index (χ3n) is 2.93. The topological polar surface area (TPSA) is 3.24 Å².